The summed E-state index contributed by atoms with van der Waals surface area (Å²) in [7, 11) is -3.61. The van der Waals surface area contributed by atoms with Crippen molar-refractivity contribution in [3.05, 3.63) is 89.5 Å². The van der Waals surface area contributed by atoms with Crippen molar-refractivity contribution >= 4 is 34.1 Å². The van der Waals surface area contributed by atoms with Crippen LogP contribution in [0.3, 0.4) is 0 Å². The van der Waals surface area contributed by atoms with Crippen LogP contribution in [0.5, 0.6) is 5.75 Å². The van der Waals surface area contributed by atoms with E-state index in [1.165, 1.54) is 15.9 Å². The first-order chi connectivity index (χ1) is 21.5. The highest BCUT2D eigenvalue weighted by molar-refractivity contribution is 7.89. The number of nitrogens with zero attached hydrogens (tertiary/aromatic N) is 2. The Morgan fingerprint density at radius 1 is 0.956 bits per heavy atom. The molecule has 1 heterocycles. The SMILES string of the molecule is CC(C)c1ccc(CNC=O)cc1.CCCc1ccc(S(=O)(=O)N2CCN(C(=O)Nc3cccc(OCC(=O)O)c3)CC2)cc1. The van der Waals surface area contributed by atoms with Gasteiger partial charge in [0.15, 0.2) is 6.61 Å². The minimum atomic E-state index is -3.61. The van der Waals surface area contributed by atoms with Crippen LogP contribution >= 0.6 is 0 Å². The third-order valence-electron chi connectivity index (χ3n) is 7.11. The van der Waals surface area contributed by atoms with Crippen LogP contribution in [0.2, 0.25) is 0 Å². The molecule has 45 heavy (non-hydrogen) atoms. The number of nitrogens with one attached hydrogen (secondary N) is 2. The minimum Gasteiger partial charge on any atom is -0.482 e. The van der Waals surface area contributed by atoms with Gasteiger partial charge in [0.05, 0.1) is 4.90 Å². The van der Waals surface area contributed by atoms with Crippen LogP contribution in [0.15, 0.2) is 77.7 Å². The zero-order chi connectivity index (χ0) is 32.8. The summed E-state index contributed by atoms with van der Waals surface area (Å²) < 4.78 is 32.4. The highest BCUT2D eigenvalue weighted by atomic mass is 32.2. The monoisotopic (exact) mass is 638 g/mol. The molecule has 0 spiro atoms. The second-order valence-electron chi connectivity index (χ2n) is 10.8. The number of hydrogen-bond donors (Lipinski definition) is 3. The topological polar surface area (TPSA) is 145 Å². The molecule has 0 bridgehead atoms. The van der Waals surface area contributed by atoms with Gasteiger partial charge in [0.25, 0.3) is 0 Å². The smallest absolute Gasteiger partial charge is 0.341 e. The number of carbonyl (C=O) groups excluding carboxylic acids is 2. The van der Waals surface area contributed by atoms with E-state index >= 15 is 0 Å². The molecule has 1 saturated heterocycles. The fourth-order valence-electron chi connectivity index (χ4n) is 4.59. The average Bonchev–Trinajstić information content (AvgIpc) is 3.04. The average molecular weight is 639 g/mol. The molecule has 0 atom stereocenters. The maximum Gasteiger partial charge on any atom is 0.341 e. The van der Waals surface area contributed by atoms with Gasteiger partial charge in [0.2, 0.25) is 16.4 Å². The lowest BCUT2D eigenvalue weighted by Gasteiger charge is -2.34. The lowest BCUT2D eigenvalue weighted by atomic mass is 10.0. The molecule has 0 aromatic heterocycles. The molecule has 3 aromatic rings. The van der Waals surface area contributed by atoms with Crippen LogP contribution in [0, 0.1) is 0 Å². The highest BCUT2D eigenvalue weighted by Gasteiger charge is 2.30. The van der Waals surface area contributed by atoms with E-state index in [4.69, 9.17) is 9.84 Å². The van der Waals surface area contributed by atoms with Gasteiger partial charge in [-0.2, -0.15) is 4.31 Å². The van der Waals surface area contributed by atoms with E-state index in [9.17, 15) is 22.8 Å². The van der Waals surface area contributed by atoms with Gasteiger partial charge >= 0.3 is 12.0 Å². The summed E-state index contributed by atoms with van der Waals surface area (Å²) in [6, 6.07) is 21.3. The van der Waals surface area contributed by atoms with Gasteiger partial charge in [0, 0.05) is 44.5 Å². The number of piperazine rings is 1. The molecule has 1 aliphatic rings. The van der Waals surface area contributed by atoms with Gasteiger partial charge < -0.3 is 25.4 Å². The van der Waals surface area contributed by atoms with Gasteiger partial charge in [-0.25, -0.2) is 18.0 Å². The number of ether oxygens (including phenoxy) is 1. The predicted molar refractivity (Wildman–Crippen MR) is 173 cm³/mol. The first-order valence-electron chi connectivity index (χ1n) is 14.9. The van der Waals surface area contributed by atoms with E-state index in [1.807, 2.05) is 24.3 Å². The number of carboxylic acid groups (broad SMARTS) is 1. The largest absolute Gasteiger partial charge is 0.482 e. The Kier molecular flexibility index (Phi) is 13.4. The Bertz CT molecular complexity index is 1500. The zero-order valence-corrected chi connectivity index (χ0v) is 26.8. The van der Waals surface area contributed by atoms with Gasteiger partial charge in [-0.3, -0.25) is 4.79 Å². The van der Waals surface area contributed by atoms with Crippen molar-refractivity contribution in [3.63, 3.8) is 0 Å². The number of hydrogen-bond acceptors (Lipinski definition) is 6. The van der Waals surface area contributed by atoms with Crippen molar-refractivity contribution in [1.82, 2.24) is 14.5 Å². The number of aliphatic carboxylic acids is 1. The van der Waals surface area contributed by atoms with Gasteiger partial charge in [-0.1, -0.05) is 69.7 Å². The number of amides is 3. The number of sulfonamides is 1. The van der Waals surface area contributed by atoms with Crippen LogP contribution in [0.25, 0.3) is 0 Å². The van der Waals surface area contributed by atoms with Crippen molar-refractivity contribution in [2.45, 2.75) is 51.0 Å². The normalized spacial score (nSPS) is 13.4. The molecule has 242 valence electrons. The number of urea groups is 1. The van der Waals surface area contributed by atoms with Crippen molar-refractivity contribution in [1.29, 1.82) is 0 Å². The van der Waals surface area contributed by atoms with Gasteiger partial charge in [-0.05, 0) is 53.3 Å². The number of rotatable bonds is 12. The predicted octanol–water partition coefficient (Wildman–Crippen LogP) is 4.70. The molecular weight excluding hydrogens is 596 g/mol. The molecule has 3 N–H and O–H groups in total. The first-order valence-corrected chi connectivity index (χ1v) is 16.3. The Morgan fingerprint density at radius 2 is 1.60 bits per heavy atom. The Balaban J connectivity index is 0.000000355. The third kappa shape index (κ3) is 10.9. The number of benzene rings is 3. The Hall–Kier alpha value is -4.42. The fourth-order valence-corrected chi connectivity index (χ4v) is 6.01. The molecule has 4 rings (SSSR count). The molecule has 11 nitrogen and oxygen atoms in total. The highest BCUT2D eigenvalue weighted by Crippen LogP contribution is 2.21. The Labute approximate surface area is 265 Å². The summed E-state index contributed by atoms with van der Waals surface area (Å²) in [5, 5.41) is 14.1. The van der Waals surface area contributed by atoms with Crippen LogP contribution < -0.4 is 15.4 Å². The maximum absolute atomic E-state index is 12.9. The lowest BCUT2D eigenvalue weighted by molar-refractivity contribution is -0.139. The maximum atomic E-state index is 12.9. The number of aryl methyl sites for hydroxylation is 1. The summed E-state index contributed by atoms with van der Waals surface area (Å²) in [6.45, 7) is 7.46. The van der Waals surface area contributed by atoms with Crippen LogP contribution in [0.4, 0.5) is 10.5 Å². The summed E-state index contributed by atoms with van der Waals surface area (Å²) in [5.41, 5.74) is 4.02. The molecule has 12 heteroatoms. The second kappa shape index (κ2) is 17.2. The standard InChI is InChI=1S/C22H27N3O6S.C11H15NO/c1-2-4-17-7-9-20(10-8-17)32(29,30)25-13-11-24(12-14-25)22(28)23-18-5-3-6-19(15-18)31-16-21(26)27;1-9(2)11-5-3-10(4-6-11)7-12-8-13/h3,5-10,15H,2,4,11-14,16H2,1H3,(H,23,28)(H,26,27);3-6,8-9H,7H2,1-2H3,(H,12,13). The summed E-state index contributed by atoms with van der Waals surface area (Å²) in [5.74, 6) is -0.205. The van der Waals surface area contributed by atoms with E-state index < -0.39 is 22.6 Å². The van der Waals surface area contributed by atoms with E-state index in [1.54, 1.807) is 35.2 Å². The number of carboxylic acids is 1. The number of carbonyl (C=O) groups is 3. The fraction of sp³-hybridized carbons (Fsp3) is 0.364. The van der Waals surface area contributed by atoms with Crippen molar-refractivity contribution in [2.24, 2.45) is 0 Å². The molecule has 1 fully saturated rings. The molecule has 3 amide bonds. The molecule has 0 aliphatic carbocycles. The molecule has 0 unspecified atom stereocenters. The van der Waals surface area contributed by atoms with Crippen molar-refractivity contribution < 1.29 is 32.6 Å². The van der Waals surface area contributed by atoms with E-state index in [0.29, 0.717) is 23.9 Å². The second-order valence-corrected chi connectivity index (χ2v) is 12.8. The Morgan fingerprint density at radius 3 is 2.18 bits per heavy atom. The lowest BCUT2D eigenvalue weighted by Crippen LogP contribution is -2.51. The quantitative estimate of drug-likeness (QED) is 0.244. The van der Waals surface area contributed by atoms with E-state index in [2.05, 4.69) is 43.5 Å². The van der Waals surface area contributed by atoms with Gasteiger partial charge in [-0.15, -0.1) is 0 Å². The molecule has 0 radical (unpaired) electrons. The van der Waals surface area contributed by atoms with Crippen molar-refractivity contribution in [2.75, 3.05) is 38.1 Å². The number of anilines is 1. The minimum absolute atomic E-state index is 0.203. The van der Waals surface area contributed by atoms with Crippen molar-refractivity contribution in [3.8, 4) is 5.75 Å². The third-order valence-corrected chi connectivity index (χ3v) is 9.02. The summed E-state index contributed by atoms with van der Waals surface area (Å²) >= 11 is 0. The zero-order valence-electron chi connectivity index (χ0n) is 25.9. The molecule has 0 saturated carbocycles. The van der Waals surface area contributed by atoms with Gasteiger partial charge in [0.1, 0.15) is 5.75 Å². The summed E-state index contributed by atoms with van der Waals surface area (Å²) in [4.78, 5) is 35.0. The van der Waals surface area contributed by atoms with Crippen LogP contribution in [-0.4, -0.2) is 73.9 Å². The summed E-state index contributed by atoms with van der Waals surface area (Å²) in [6.07, 6.45) is 2.62. The van der Waals surface area contributed by atoms with E-state index in [-0.39, 0.29) is 37.1 Å². The van der Waals surface area contributed by atoms with E-state index in [0.717, 1.165) is 30.4 Å². The molecule has 1 aliphatic heterocycles. The molecule has 3 aromatic carbocycles. The van der Waals surface area contributed by atoms with Crippen LogP contribution in [-0.2, 0) is 32.6 Å². The molecular formula is C33H42N4O7S. The first kappa shape index (κ1) is 35.1. The van der Waals surface area contributed by atoms with Crippen LogP contribution in [0.1, 0.15) is 49.8 Å².